The maximum atomic E-state index is 11.7. The number of nitrogens with zero attached hydrogens (tertiary/aromatic N) is 6. The molecule has 0 bridgehead atoms. The lowest BCUT2D eigenvalue weighted by atomic mass is 10.1. The van der Waals surface area contributed by atoms with Crippen LogP contribution in [0.2, 0.25) is 0 Å². The van der Waals surface area contributed by atoms with E-state index in [0.717, 1.165) is 4.57 Å². The summed E-state index contributed by atoms with van der Waals surface area (Å²) in [4.78, 5) is 33.7. The molecule has 1 atom stereocenters. The van der Waals surface area contributed by atoms with Crippen molar-refractivity contribution >= 4 is 11.2 Å². The molecule has 26 heavy (non-hydrogen) atoms. The Morgan fingerprint density at radius 2 is 1.88 bits per heavy atom. The Morgan fingerprint density at radius 3 is 2.50 bits per heavy atom. The van der Waals surface area contributed by atoms with E-state index in [1.54, 1.807) is 18.7 Å². The molecule has 0 spiro atoms. The Bertz CT molecular complexity index is 1020. The number of hydrogen-bond donors (Lipinski definition) is 0. The maximum absolute atomic E-state index is 11.7. The summed E-state index contributed by atoms with van der Waals surface area (Å²) in [5, 5.41) is 0. The minimum atomic E-state index is -0.360. The van der Waals surface area contributed by atoms with E-state index in [2.05, 4.69) is 28.0 Å². The van der Waals surface area contributed by atoms with Crippen molar-refractivity contribution in [3.63, 3.8) is 0 Å². The zero-order valence-corrected chi connectivity index (χ0v) is 15.6. The second-order valence-electron chi connectivity index (χ2n) is 6.66. The highest BCUT2D eigenvalue weighted by Gasteiger charge is 2.22. The van der Waals surface area contributed by atoms with Gasteiger partial charge >= 0.3 is 5.69 Å². The summed E-state index contributed by atoms with van der Waals surface area (Å²) in [6.45, 7) is 1.22. The highest BCUT2D eigenvalue weighted by Crippen LogP contribution is 2.29. The molecule has 8 nitrogen and oxygen atoms in total. The number of aromatic nitrogens is 5. The van der Waals surface area contributed by atoms with Crippen molar-refractivity contribution in [2.75, 3.05) is 13.6 Å². The van der Waals surface area contributed by atoms with Crippen molar-refractivity contribution in [1.29, 1.82) is 0 Å². The Hall–Kier alpha value is -2.74. The first-order valence-electron chi connectivity index (χ1n) is 8.59. The number of hydrogen-bond acceptors (Lipinski definition) is 5. The van der Waals surface area contributed by atoms with E-state index >= 15 is 0 Å². The minimum Gasteiger partial charge on any atom is -0.328 e. The van der Waals surface area contributed by atoms with Gasteiger partial charge in [-0.3, -0.25) is 23.8 Å². The molecule has 1 aliphatic heterocycles. The molecule has 0 unspecified atom stereocenters. The van der Waals surface area contributed by atoms with Crippen molar-refractivity contribution in [3.8, 4) is 0 Å². The zero-order valence-electron chi connectivity index (χ0n) is 15.6. The average Bonchev–Trinajstić information content (AvgIpc) is 3.25. The van der Waals surface area contributed by atoms with Crippen molar-refractivity contribution in [2.45, 2.75) is 18.9 Å². The van der Waals surface area contributed by atoms with Crippen LogP contribution in [0, 0.1) is 0 Å². The number of pyridine rings is 1. The fourth-order valence-corrected chi connectivity index (χ4v) is 3.38. The second-order valence-corrected chi connectivity index (χ2v) is 6.66. The summed E-state index contributed by atoms with van der Waals surface area (Å²) >= 11 is 0. The molecule has 0 aliphatic carbocycles. The predicted octanol–water partition coefficient (Wildman–Crippen LogP) is 0.819. The maximum Gasteiger partial charge on any atom is 0.332 e. The van der Waals surface area contributed by atoms with Crippen LogP contribution in [0.1, 0.15) is 24.4 Å². The third kappa shape index (κ3) is 3.20. The summed E-state index contributed by atoms with van der Waals surface area (Å²) in [6, 6.07) is 4.79. The molecular weight excluding hydrogens is 332 g/mol. The first-order chi connectivity index (χ1) is 12.4. The largest absolute Gasteiger partial charge is 0.332 e. The van der Waals surface area contributed by atoms with Gasteiger partial charge in [0, 0.05) is 39.6 Å². The van der Waals surface area contributed by atoms with Crippen molar-refractivity contribution in [1.82, 2.24) is 28.6 Å². The van der Waals surface area contributed by atoms with Crippen LogP contribution in [0.25, 0.3) is 11.2 Å². The van der Waals surface area contributed by atoms with Crippen LogP contribution in [-0.4, -0.2) is 42.2 Å². The van der Waals surface area contributed by atoms with Gasteiger partial charge in [0.15, 0.2) is 11.2 Å². The fraction of sp³-hybridized carbons (Fsp3) is 0.444. The smallest absolute Gasteiger partial charge is 0.328 e. The van der Waals surface area contributed by atoms with Crippen molar-refractivity contribution in [3.05, 3.63) is 57.3 Å². The molecular formula is C18H24N6O2. The van der Waals surface area contributed by atoms with E-state index in [1.807, 2.05) is 18.5 Å². The Kier molecular flexibility index (Phi) is 5.03. The molecule has 0 radical (unpaired) electrons. The van der Waals surface area contributed by atoms with Crippen LogP contribution in [0.15, 0.2) is 40.4 Å². The number of imidazole rings is 1. The molecule has 0 N–H and O–H groups in total. The number of likely N-dealkylation sites (tertiary alicyclic amines) is 1. The standard InChI is InChI=1S/C10H14N2.C8H10N4O2/c1-12-7-3-5-10(12)9-4-2-6-11-8-9;1-10-4-9-6-5(10)7(13)12(3)8(14)11(6)2/h2,4,6,8,10H,3,5,7H2,1H3;4H,1-3H3/t10-;/m0./s1. The summed E-state index contributed by atoms with van der Waals surface area (Å²) in [5.41, 5.74) is 1.54. The normalized spacial score (nSPS) is 17.3. The van der Waals surface area contributed by atoms with E-state index < -0.39 is 0 Å². The van der Waals surface area contributed by atoms with E-state index in [0.29, 0.717) is 17.2 Å². The Morgan fingerprint density at radius 1 is 1.12 bits per heavy atom. The van der Waals surface area contributed by atoms with Gasteiger partial charge in [0.1, 0.15) is 0 Å². The topological polar surface area (TPSA) is 78.0 Å². The SMILES string of the molecule is CN1CCC[C@H]1c1cccnc1.Cn1c(=O)c2c(ncn2C)n(C)c1=O. The van der Waals surface area contributed by atoms with Gasteiger partial charge in [-0.2, -0.15) is 0 Å². The second kappa shape index (κ2) is 7.25. The molecule has 4 rings (SSSR count). The zero-order chi connectivity index (χ0) is 18.8. The van der Waals surface area contributed by atoms with E-state index in [1.165, 1.54) is 42.9 Å². The van der Waals surface area contributed by atoms with Gasteiger partial charge in [-0.05, 0) is 38.1 Å². The molecule has 1 aliphatic rings. The van der Waals surface area contributed by atoms with Crippen LogP contribution in [0.5, 0.6) is 0 Å². The van der Waals surface area contributed by atoms with Gasteiger partial charge < -0.3 is 4.57 Å². The molecule has 0 aromatic carbocycles. The molecule has 1 saturated heterocycles. The lowest BCUT2D eigenvalue weighted by Crippen LogP contribution is -2.37. The van der Waals surface area contributed by atoms with Crippen molar-refractivity contribution in [2.24, 2.45) is 21.1 Å². The first-order valence-corrected chi connectivity index (χ1v) is 8.59. The third-order valence-corrected chi connectivity index (χ3v) is 4.91. The quantitative estimate of drug-likeness (QED) is 0.645. The fourth-order valence-electron chi connectivity index (χ4n) is 3.38. The summed E-state index contributed by atoms with van der Waals surface area (Å²) < 4.78 is 4.04. The molecule has 138 valence electrons. The highest BCUT2D eigenvalue weighted by molar-refractivity contribution is 5.69. The van der Waals surface area contributed by atoms with Gasteiger partial charge in [-0.25, -0.2) is 9.78 Å². The van der Waals surface area contributed by atoms with Gasteiger partial charge in [-0.15, -0.1) is 0 Å². The summed E-state index contributed by atoms with van der Waals surface area (Å²) in [7, 11) is 6.96. The van der Waals surface area contributed by atoms with Crippen molar-refractivity contribution < 1.29 is 0 Å². The van der Waals surface area contributed by atoms with Crippen LogP contribution >= 0.6 is 0 Å². The molecule has 4 heterocycles. The molecule has 8 heteroatoms. The monoisotopic (exact) mass is 356 g/mol. The Labute approximate surface area is 151 Å². The molecule has 3 aromatic rings. The van der Waals surface area contributed by atoms with E-state index in [4.69, 9.17) is 0 Å². The molecule has 0 amide bonds. The number of aryl methyl sites for hydroxylation is 2. The predicted molar refractivity (Wildman–Crippen MR) is 100 cm³/mol. The third-order valence-electron chi connectivity index (χ3n) is 4.91. The highest BCUT2D eigenvalue weighted by atomic mass is 16.2. The molecule has 0 saturated carbocycles. The lowest BCUT2D eigenvalue weighted by molar-refractivity contribution is 0.317. The molecule has 3 aromatic heterocycles. The Balaban J connectivity index is 0.000000152. The average molecular weight is 356 g/mol. The van der Waals surface area contributed by atoms with Crippen LogP contribution in [-0.2, 0) is 21.1 Å². The number of fused-ring (bicyclic) bond motifs is 1. The number of rotatable bonds is 1. The van der Waals surface area contributed by atoms with E-state index in [9.17, 15) is 9.59 Å². The van der Waals surface area contributed by atoms with Gasteiger partial charge in [0.25, 0.3) is 5.56 Å². The summed E-state index contributed by atoms with van der Waals surface area (Å²) in [5.74, 6) is 0. The minimum absolute atomic E-state index is 0.317. The summed E-state index contributed by atoms with van der Waals surface area (Å²) in [6.07, 6.45) is 7.93. The lowest BCUT2D eigenvalue weighted by Gasteiger charge is -2.18. The van der Waals surface area contributed by atoms with Crippen LogP contribution in [0.3, 0.4) is 0 Å². The first kappa shape index (κ1) is 18.1. The van der Waals surface area contributed by atoms with Crippen LogP contribution in [0.4, 0.5) is 0 Å². The van der Waals surface area contributed by atoms with Gasteiger partial charge in [-0.1, -0.05) is 6.07 Å². The van der Waals surface area contributed by atoms with E-state index in [-0.39, 0.29) is 11.2 Å². The van der Waals surface area contributed by atoms with Crippen LogP contribution < -0.4 is 11.2 Å². The van der Waals surface area contributed by atoms with Gasteiger partial charge in [0.05, 0.1) is 6.33 Å². The van der Waals surface area contributed by atoms with Gasteiger partial charge in [0.2, 0.25) is 0 Å². The molecule has 1 fully saturated rings.